The van der Waals surface area contributed by atoms with E-state index in [-0.39, 0.29) is 0 Å². The summed E-state index contributed by atoms with van der Waals surface area (Å²) in [5.41, 5.74) is 2.57. The molecular weight excluding hydrogens is 210 g/mol. The second-order valence-corrected chi connectivity index (χ2v) is 5.18. The van der Waals surface area contributed by atoms with Gasteiger partial charge in [0.1, 0.15) is 0 Å². The summed E-state index contributed by atoms with van der Waals surface area (Å²) in [5.74, 6) is 0.618. The molecule has 0 amide bonds. The molecule has 98 valence electrons. The molecule has 1 N–H and O–H groups in total. The zero-order valence-electron chi connectivity index (χ0n) is 12.0. The van der Waals surface area contributed by atoms with Crippen LogP contribution in [-0.4, -0.2) is 22.4 Å². The summed E-state index contributed by atoms with van der Waals surface area (Å²) < 4.78 is 2.19. The second-order valence-electron chi connectivity index (χ2n) is 5.18. The molecule has 0 aliphatic heterocycles. The van der Waals surface area contributed by atoms with Gasteiger partial charge in [0.25, 0.3) is 0 Å². The van der Waals surface area contributed by atoms with E-state index >= 15 is 0 Å². The molecule has 1 atom stereocenters. The Balaban J connectivity index is 2.57. The average Bonchev–Trinajstić information content (AvgIpc) is 2.68. The maximum absolute atomic E-state index is 4.66. The summed E-state index contributed by atoms with van der Waals surface area (Å²) in [6.45, 7) is 13.1. The Labute approximate surface area is 106 Å². The van der Waals surface area contributed by atoms with Gasteiger partial charge in [0.2, 0.25) is 0 Å². The predicted octanol–water partition coefficient (Wildman–Crippen LogP) is 2.64. The number of aryl methyl sites for hydroxylation is 2. The lowest BCUT2D eigenvalue weighted by atomic mass is 10.1. The Morgan fingerprint density at radius 1 is 1.24 bits per heavy atom. The molecule has 3 heteroatoms. The monoisotopic (exact) mass is 237 g/mol. The molecular formula is C14H27N3. The topological polar surface area (TPSA) is 29.9 Å². The van der Waals surface area contributed by atoms with E-state index in [0.717, 1.165) is 25.9 Å². The fourth-order valence-electron chi connectivity index (χ4n) is 1.93. The molecule has 0 aliphatic carbocycles. The summed E-state index contributed by atoms with van der Waals surface area (Å²) >= 11 is 0. The van der Waals surface area contributed by atoms with Crippen LogP contribution >= 0.6 is 0 Å². The highest BCUT2D eigenvalue weighted by Gasteiger charge is 2.09. The van der Waals surface area contributed by atoms with Crippen LogP contribution in [0.5, 0.6) is 0 Å². The third-order valence-corrected chi connectivity index (χ3v) is 3.00. The van der Waals surface area contributed by atoms with E-state index in [0.29, 0.717) is 12.0 Å². The highest BCUT2D eigenvalue weighted by Crippen LogP contribution is 2.09. The van der Waals surface area contributed by atoms with Crippen LogP contribution in [0.15, 0.2) is 6.07 Å². The first kappa shape index (κ1) is 14.2. The molecule has 17 heavy (non-hydrogen) atoms. The molecule has 0 aromatic carbocycles. The highest BCUT2D eigenvalue weighted by molar-refractivity contribution is 5.10. The van der Waals surface area contributed by atoms with Crippen molar-refractivity contribution in [3.8, 4) is 0 Å². The van der Waals surface area contributed by atoms with Crippen LogP contribution in [0.1, 0.15) is 46.0 Å². The molecule has 0 saturated heterocycles. The van der Waals surface area contributed by atoms with E-state index in [2.05, 4.69) is 55.8 Å². The van der Waals surface area contributed by atoms with Gasteiger partial charge < -0.3 is 5.32 Å². The van der Waals surface area contributed by atoms with Crippen molar-refractivity contribution in [1.82, 2.24) is 15.1 Å². The Morgan fingerprint density at radius 3 is 2.47 bits per heavy atom. The minimum absolute atomic E-state index is 0.562. The van der Waals surface area contributed by atoms with Crippen molar-refractivity contribution in [2.45, 2.75) is 60.0 Å². The molecule has 0 fully saturated rings. The number of aromatic nitrogens is 2. The van der Waals surface area contributed by atoms with Crippen molar-refractivity contribution in [3.63, 3.8) is 0 Å². The van der Waals surface area contributed by atoms with E-state index in [1.807, 2.05) is 0 Å². The van der Waals surface area contributed by atoms with Crippen LogP contribution in [0.3, 0.4) is 0 Å². The number of rotatable bonds is 7. The Kier molecular flexibility index (Phi) is 5.69. The molecule has 0 bridgehead atoms. The minimum Gasteiger partial charge on any atom is -0.314 e. The maximum atomic E-state index is 4.66. The summed E-state index contributed by atoms with van der Waals surface area (Å²) in [6, 6.07) is 2.80. The molecule has 0 saturated carbocycles. The van der Waals surface area contributed by atoms with Crippen LogP contribution in [-0.2, 0) is 19.4 Å². The van der Waals surface area contributed by atoms with Gasteiger partial charge >= 0.3 is 0 Å². The predicted molar refractivity (Wildman–Crippen MR) is 73.3 cm³/mol. The highest BCUT2D eigenvalue weighted by atomic mass is 15.3. The van der Waals surface area contributed by atoms with Gasteiger partial charge in [-0.1, -0.05) is 34.6 Å². The first-order chi connectivity index (χ1) is 8.06. The molecule has 0 spiro atoms. The fourth-order valence-corrected chi connectivity index (χ4v) is 1.93. The fraction of sp³-hybridized carbons (Fsp3) is 0.786. The van der Waals surface area contributed by atoms with Gasteiger partial charge in [-0.25, -0.2) is 0 Å². The maximum Gasteiger partial charge on any atom is 0.0624 e. The van der Waals surface area contributed by atoms with Crippen molar-refractivity contribution in [3.05, 3.63) is 17.5 Å². The van der Waals surface area contributed by atoms with Crippen molar-refractivity contribution < 1.29 is 0 Å². The smallest absolute Gasteiger partial charge is 0.0624 e. The van der Waals surface area contributed by atoms with Gasteiger partial charge in [0.05, 0.1) is 5.69 Å². The van der Waals surface area contributed by atoms with Crippen LogP contribution in [0.2, 0.25) is 0 Å². The first-order valence-electron chi connectivity index (χ1n) is 6.85. The Hall–Kier alpha value is -0.830. The first-order valence-corrected chi connectivity index (χ1v) is 6.85. The van der Waals surface area contributed by atoms with Crippen molar-refractivity contribution >= 4 is 0 Å². The van der Waals surface area contributed by atoms with Gasteiger partial charge in [-0.3, -0.25) is 4.68 Å². The summed E-state index contributed by atoms with van der Waals surface area (Å²) in [5, 5.41) is 8.14. The number of hydrogen-bond donors (Lipinski definition) is 1. The second kappa shape index (κ2) is 6.80. The zero-order valence-corrected chi connectivity index (χ0v) is 12.0. The lowest BCUT2D eigenvalue weighted by Gasteiger charge is -2.16. The minimum atomic E-state index is 0.562. The van der Waals surface area contributed by atoms with Gasteiger partial charge in [0, 0.05) is 18.3 Å². The van der Waals surface area contributed by atoms with Crippen LogP contribution in [0, 0.1) is 5.92 Å². The third kappa shape index (κ3) is 4.50. The van der Waals surface area contributed by atoms with E-state index in [1.165, 1.54) is 11.4 Å². The van der Waals surface area contributed by atoms with Crippen molar-refractivity contribution in [2.75, 3.05) is 6.54 Å². The molecule has 0 radical (unpaired) electrons. The Morgan fingerprint density at radius 2 is 1.94 bits per heavy atom. The molecule has 1 aromatic heterocycles. The van der Waals surface area contributed by atoms with Crippen molar-refractivity contribution in [2.24, 2.45) is 5.92 Å². The van der Waals surface area contributed by atoms with E-state index < -0.39 is 0 Å². The number of hydrogen-bond acceptors (Lipinski definition) is 2. The molecule has 0 aliphatic rings. The number of nitrogens with one attached hydrogen (secondary N) is 1. The quantitative estimate of drug-likeness (QED) is 0.790. The van der Waals surface area contributed by atoms with Gasteiger partial charge in [0.15, 0.2) is 0 Å². The largest absolute Gasteiger partial charge is 0.314 e. The molecule has 1 heterocycles. The lowest BCUT2D eigenvalue weighted by molar-refractivity contribution is 0.399. The van der Waals surface area contributed by atoms with Gasteiger partial charge in [-0.2, -0.15) is 5.10 Å². The van der Waals surface area contributed by atoms with E-state index in [1.54, 1.807) is 0 Å². The van der Waals surface area contributed by atoms with E-state index in [9.17, 15) is 0 Å². The molecule has 1 aromatic rings. The molecule has 1 unspecified atom stereocenters. The van der Waals surface area contributed by atoms with E-state index in [4.69, 9.17) is 0 Å². The zero-order chi connectivity index (χ0) is 12.8. The summed E-state index contributed by atoms with van der Waals surface area (Å²) in [6.07, 6.45) is 2.09. The summed E-state index contributed by atoms with van der Waals surface area (Å²) in [7, 11) is 0. The molecule has 3 nitrogen and oxygen atoms in total. The number of nitrogens with zero attached hydrogens (tertiary/aromatic N) is 2. The SMILES string of the molecule is CCc1cc(CC)n(CC(C)CNC(C)C)n1. The van der Waals surface area contributed by atoms with Crippen LogP contribution < -0.4 is 5.32 Å². The average molecular weight is 237 g/mol. The Bertz CT molecular complexity index is 328. The van der Waals surface area contributed by atoms with Crippen LogP contribution in [0.25, 0.3) is 0 Å². The van der Waals surface area contributed by atoms with Crippen LogP contribution in [0.4, 0.5) is 0 Å². The van der Waals surface area contributed by atoms with Gasteiger partial charge in [-0.15, -0.1) is 0 Å². The third-order valence-electron chi connectivity index (χ3n) is 3.00. The van der Waals surface area contributed by atoms with Gasteiger partial charge in [-0.05, 0) is 31.4 Å². The van der Waals surface area contributed by atoms with Crippen molar-refractivity contribution in [1.29, 1.82) is 0 Å². The molecule has 1 rings (SSSR count). The standard InChI is InChI=1S/C14H27N3/c1-6-13-8-14(7-2)17(16-13)10-12(5)9-15-11(3)4/h8,11-12,15H,6-7,9-10H2,1-5H3. The summed E-state index contributed by atoms with van der Waals surface area (Å²) in [4.78, 5) is 0. The normalized spacial score (nSPS) is 13.3. The lowest BCUT2D eigenvalue weighted by Crippen LogP contribution is -2.30.